The van der Waals surface area contributed by atoms with E-state index in [1.54, 1.807) is 23.1 Å². The van der Waals surface area contributed by atoms with Gasteiger partial charge in [0.25, 0.3) is 5.91 Å². The molecule has 1 aliphatic carbocycles. The van der Waals surface area contributed by atoms with Crippen LogP contribution >= 0.6 is 0 Å². The molecule has 0 atom stereocenters. The second-order valence-corrected chi connectivity index (χ2v) is 6.87. The summed E-state index contributed by atoms with van der Waals surface area (Å²) in [6, 6.07) is 5.15. The molecular weight excluding hydrogens is 392 g/mol. The molecule has 0 bridgehead atoms. The minimum absolute atomic E-state index is 0.0975. The first-order valence-corrected chi connectivity index (χ1v) is 9.96. The molecule has 2 fully saturated rings. The van der Waals surface area contributed by atoms with E-state index in [2.05, 4.69) is 15.8 Å². The highest BCUT2D eigenvalue weighted by Crippen LogP contribution is 2.28. The molecular formula is C20H26N4O6. The van der Waals surface area contributed by atoms with E-state index in [1.165, 1.54) is 6.21 Å². The summed E-state index contributed by atoms with van der Waals surface area (Å²) in [4.78, 5) is 37.2. The van der Waals surface area contributed by atoms with Crippen molar-refractivity contribution in [3.05, 3.63) is 23.8 Å². The van der Waals surface area contributed by atoms with Crippen LogP contribution in [0.2, 0.25) is 0 Å². The van der Waals surface area contributed by atoms with Crippen LogP contribution in [-0.2, 0) is 19.1 Å². The summed E-state index contributed by atoms with van der Waals surface area (Å²) in [6.45, 7) is 4.32. The number of carbonyl (C=O) groups is 3. The summed E-state index contributed by atoms with van der Waals surface area (Å²) in [7, 11) is 0. The Morgan fingerprint density at radius 1 is 1.17 bits per heavy atom. The van der Waals surface area contributed by atoms with Gasteiger partial charge in [0, 0.05) is 19.1 Å². The molecule has 0 radical (unpaired) electrons. The van der Waals surface area contributed by atoms with Crippen LogP contribution in [0.1, 0.15) is 25.3 Å². The molecule has 0 spiro atoms. The van der Waals surface area contributed by atoms with Crippen molar-refractivity contribution in [2.24, 2.45) is 5.10 Å². The van der Waals surface area contributed by atoms with Crippen LogP contribution in [0.25, 0.3) is 0 Å². The first-order valence-electron chi connectivity index (χ1n) is 9.96. The fraction of sp³-hybridized carbons (Fsp3) is 0.500. The number of rotatable bonds is 8. The van der Waals surface area contributed by atoms with Crippen LogP contribution < -0.4 is 20.2 Å². The van der Waals surface area contributed by atoms with E-state index in [0.29, 0.717) is 50.0 Å². The Labute approximate surface area is 174 Å². The van der Waals surface area contributed by atoms with Gasteiger partial charge in [-0.1, -0.05) is 0 Å². The smallest absolute Gasteiger partial charge is 0.329 e. The van der Waals surface area contributed by atoms with Crippen molar-refractivity contribution in [3.63, 3.8) is 0 Å². The van der Waals surface area contributed by atoms with Crippen LogP contribution in [0, 0.1) is 0 Å². The standard InChI is InChI=1S/C20H26N4O6/c1-2-29-17-11-14(12-21-23-20(27)19(26)22-15-4-5-15)3-6-16(17)30-13-18(25)24-7-9-28-10-8-24/h3,6,11-12,15H,2,4-5,7-10,13H2,1H3,(H,22,26)(H,23,27)/b21-12-. The number of amides is 3. The quantitative estimate of drug-likeness (QED) is 0.350. The average molecular weight is 418 g/mol. The van der Waals surface area contributed by atoms with Gasteiger partial charge in [0.15, 0.2) is 18.1 Å². The van der Waals surface area contributed by atoms with Crippen LogP contribution in [-0.4, -0.2) is 74.4 Å². The number of nitrogens with zero attached hydrogens (tertiary/aromatic N) is 2. The Morgan fingerprint density at radius 3 is 2.63 bits per heavy atom. The SMILES string of the molecule is CCOc1cc(/C=N\NC(=O)C(=O)NC2CC2)ccc1OCC(=O)N1CCOCC1. The molecule has 30 heavy (non-hydrogen) atoms. The van der Waals surface area contributed by atoms with Crippen LogP contribution in [0.5, 0.6) is 11.5 Å². The summed E-state index contributed by atoms with van der Waals surface area (Å²) >= 11 is 0. The molecule has 2 N–H and O–H groups in total. The van der Waals surface area contributed by atoms with Crippen molar-refractivity contribution in [2.45, 2.75) is 25.8 Å². The zero-order valence-corrected chi connectivity index (χ0v) is 16.9. The second kappa shape index (κ2) is 10.6. The van der Waals surface area contributed by atoms with Gasteiger partial charge in [-0.2, -0.15) is 5.10 Å². The number of hydrazone groups is 1. The molecule has 10 nitrogen and oxygen atoms in total. The Balaban J connectivity index is 1.54. The van der Waals surface area contributed by atoms with Gasteiger partial charge in [-0.05, 0) is 43.5 Å². The summed E-state index contributed by atoms with van der Waals surface area (Å²) in [5.41, 5.74) is 2.83. The molecule has 3 amide bonds. The van der Waals surface area contributed by atoms with E-state index in [4.69, 9.17) is 14.2 Å². The average Bonchev–Trinajstić information content (AvgIpc) is 3.57. The highest BCUT2D eigenvalue weighted by molar-refractivity contribution is 6.35. The van der Waals surface area contributed by atoms with Gasteiger partial charge in [0.05, 0.1) is 26.0 Å². The molecule has 0 aromatic heterocycles. The molecule has 1 aliphatic heterocycles. The summed E-state index contributed by atoms with van der Waals surface area (Å²) in [5.74, 6) is -0.737. The summed E-state index contributed by atoms with van der Waals surface area (Å²) in [6.07, 6.45) is 3.19. The van der Waals surface area contributed by atoms with Gasteiger partial charge in [-0.25, -0.2) is 5.43 Å². The first kappa shape index (κ1) is 21.6. The van der Waals surface area contributed by atoms with Crippen molar-refractivity contribution in [1.29, 1.82) is 0 Å². The lowest BCUT2D eigenvalue weighted by molar-refractivity contribution is -0.139. The molecule has 1 aromatic rings. The van der Waals surface area contributed by atoms with Gasteiger partial charge >= 0.3 is 11.8 Å². The molecule has 1 saturated carbocycles. The minimum Gasteiger partial charge on any atom is -0.490 e. The lowest BCUT2D eigenvalue weighted by atomic mass is 10.2. The van der Waals surface area contributed by atoms with Gasteiger partial charge in [0.1, 0.15) is 0 Å². The molecule has 1 heterocycles. The lowest BCUT2D eigenvalue weighted by Gasteiger charge is -2.26. The third-order valence-electron chi connectivity index (χ3n) is 4.48. The highest BCUT2D eigenvalue weighted by atomic mass is 16.5. The number of ether oxygens (including phenoxy) is 3. The minimum atomic E-state index is -0.815. The van der Waals surface area contributed by atoms with E-state index >= 15 is 0 Å². The summed E-state index contributed by atoms with van der Waals surface area (Å²) < 4.78 is 16.5. The van der Waals surface area contributed by atoms with Crippen molar-refractivity contribution in [3.8, 4) is 11.5 Å². The molecule has 0 unspecified atom stereocenters. The van der Waals surface area contributed by atoms with Crippen molar-refractivity contribution >= 4 is 23.9 Å². The van der Waals surface area contributed by atoms with Gasteiger partial charge < -0.3 is 24.4 Å². The number of nitrogens with one attached hydrogen (secondary N) is 2. The Kier molecular flexibility index (Phi) is 7.61. The van der Waals surface area contributed by atoms with Gasteiger partial charge in [0.2, 0.25) is 0 Å². The Morgan fingerprint density at radius 2 is 1.93 bits per heavy atom. The van der Waals surface area contributed by atoms with Crippen molar-refractivity contribution in [1.82, 2.24) is 15.6 Å². The zero-order valence-electron chi connectivity index (χ0n) is 16.9. The third-order valence-corrected chi connectivity index (χ3v) is 4.48. The second-order valence-electron chi connectivity index (χ2n) is 6.87. The maximum absolute atomic E-state index is 12.2. The normalized spacial score (nSPS) is 16.2. The van der Waals surface area contributed by atoms with Gasteiger partial charge in [-0.3, -0.25) is 14.4 Å². The molecule has 3 rings (SSSR count). The number of hydrogen-bond donors (Lipinski definition) is 2. The first-order chi connectivity index (χ1) is 14.6. The van der Waals surface area contributed by atoms with E-state index < -0.39 is 11.8 Å². The molecule has 1 aromatic carbocycles. The number of morpholine rings is 1. The van der Waals surface area contributed by atoms with Crippen LogP contribution in [0.4, 0.5) is 0 Å². The van der Waals surface area contributed by atoms with E-state index in [0.717, 1.165) is 12.8 Å². The fourth-order valence-electron chi connectivity index (χ4n) is 2.73. The number of benzene rings is 1. The van der Waals surface area contributed by atoms with Gasteiger partial charge in [-0.15, -0.1) is 0 Å². The topological polar surface area (TPSA) is 119 Å². The highest BCUT2D eigenvalue weighted by Gasteiger charge is 2.26. The lowest BCUT2D eigenvalue weighted by Crippen LogP contribution is -2.43. The van der Waals surface area contributed by atoms with Crippen molar-refractivity contribution < 1.29 is 28.6 Å². The van der Waals surface area contributed by atoms with Crippen LogP contribution in [0.3, 0.4) is 0 Å². The predicted molar refractivity (Wildman–Crippen MR) is 107 cm³/mol. The molecule has 162 valence electrons. The zero-order chi connectivity index (χ0) is 21.3. The summed E-state index contributed by atoms with van der Waals surface area (Å²) in [5, 5.41) is 6.39. The number of carbonyl (C=O) groups excluding carboxylic acids is 3. The largest absolute Gasteiger partial charge is 0.490 e. The maximum atomic E-state index is 12.2. The third kappa shape index (κ3) is 6.45. The fourth-order valence-corrected chi connectivity index (χ4v) is 2.73. The van der Waals surface area contributed by atoms with Crippen LogP contribution in [0.15, 0.2) is 23.3 Å². The molecule has 2 aliphatic rings. The van der Waals surface area contributed by atoms with E-state index in [-0.39, 0.29) is 18.6 Å². The monoisotopic (exact) mass is 418 g/mol. The number of hydrogen-bond acceptors (Lipinski definition) is 7. The van der Waals surface area contributed by atoms with E-state index in [9.17, 15) is 14.4 Å². The van der Waals surface area contributed by atoms with E-state index in [1.807, 2.05) is 6.92 Å². The molecule has 1 saturated heterocycles. The van der Waals surface area contributed by atoms with Crippen molar-refractivity contribution in [2.75, 3.05) is 39.5 Å². The Bertz CT molecular complexity index is 802. The predicted octanol–water partition coefficient (Wildman–Crippen LogP) is 0.0516. The maximum Gasteiger partial charge on any atom is 0.329 e. The Hall–Kier alpha value is -3.14. The molecule has 10 heteroatoms.